The van der Waals surface area contributed by atoms with E-state index >= 15 is 0 Å². The molecule has 0 aliphatic carbocycles. The zero-order chi connectivity index (χ0) is 9.56. The molecule has 7 nitrogen and oxygen atoms in total. The molecule has 0 aliphatic rings. The summed E-state index contributed by atoms with van der Waals surface area (Å²) < 4.78 is 19.2. The predicted octanol–water partition coefficient (Wildman–Crippen LogP) is 0.309. The quantitative estimate of drug-likeness (QED) is 0.562. The first-order valence-electron chi connectivity index (χ1n) is 3.55. The second-order valence-corrected chi connectivity index (χ2v) is 2.81. The standard InChI is InChI=1S/C6H11O5P.2K.2H3N.2H/c1-3-5(7)10-12(9)11-6(8)4-2;;;;;;/h12H,3-4H2,1-2H3;;;2*1H3;;. The van der Waals surface area contributed by atoms with E-state index in [1.54, 1.807) is 13.8 Å². The van der Waals surface area contributed by atoms with E-state index in [0.29, 0.717) is 0 Å². The third-order valence-corrected chi connectivity index (χ3v) is 1.76. The maximum atomic E-state index is 10.7. The molecule has 0 heterocycles. The van der Waals surface area contributed by atoms with Crippen molar-refractivity contribution in [3.63, 3.8) is 0 Å². The Balaban J connectivity index is -0.000000101. The normalized spacial score (nSPS) is 7.19. The summed E-state index contributed by atoms with van der Waals surface area (Å²) in [5.41, 5.74) is 0. The van der Waals surface area contributed by atoms with Crippen molar-refractivity contribution >= 4 is 123 Å². The third-order valence-electron chi connectivity index (χ3n) is 0.972. The molecule has 0 bridgehead atoms. The zero-order valence-corrected chi connectivity index (χ0v) is 9.37. The molecule has 0 saturated heterocycles. The van der Waals surface area contributed by atoms with Crippen LogP contribution in [0.15, 0.2) is 0 Å². The molecule has 0 spiro atoms. The summed E-state index contributed by atoms with van der Waals surface area (Å²) in [4.78, 5) is 21.0. The maximum absolute atomic E-state index is 10.7. The van der Waals surface area contributed by atoms with Crippen molar-refractivity contribution in [2.24, 2.45) is 0 Å². The summed E-state index contributed by atoms with van der Waals surface area (Å²) >= 11 is 0. The van der Waals surface area contributed by atoms with Gasteiger partial charge in [0.25, 0.3) is 0 Å². The Kier molecular flexibility index (Phi) is 38.2. The van der Waals surface area contributed by atoms with Crippen molar-refractivity contribution in [3.05, 3.63) is 0 Å². The van der Waals surface area contributed by atoms with Crippen molar-refractivity contribution in [2.75, 3.05) is 0 Å². The summed E-state index contributed by atoms with van der Waals surface area (Å²) in [7, 11) is -2.96. The van der Waals surface area contributed by atoms with E-state index in [1.165, 1.54) is 0 Å². The summed E-state index contributed by atoms with van der Waals surface area (Å²) in [5, 5.41) is 0. The third kappa shape index (κ3) is 18.7. The molecule has 0 radical (unpaired) electrons. The fourth-order valence-corrected chi connectivity index (χ4v) is 1.05. The average Bonchev–Trinajstić information content (AvgIpc) is 2.03. The van der Waals surface area contributed by atoms with Crippen LogP contribution in [0.5, 0.6) is 0 Å². The fraction of sp³-hybridized carbons (Fsp3) is 0.667. The van der Waals surface area contributed by atoms with Gasteiger partial charge < -0.3 is 21.3 Å². The minimum absolute atomic E-state index is 0. The van der Waals surface area contributed by atoms with Gasteiger partial charge in [-0.15, -0.1) is 0 Å². The number of carbonyl (C=O) groups is 2. The first kappa shape index (κ1) is 31.0. The van der Waals surface area contributed by atoms with Crippen molar-refractivity contribution in [1.82, 2.24) is 12.3 Å². The molecule has 90 valence electrons. The molecule has 0 atom stereocenters. The number of hydrogen-bond donors (Lipinski definition) is 2. The molecule has 0 unspecified atom stereocenters. The predicted molar refractivity (Wildman–Crippen MR) is 66.1 cm³/mol. The molecule has 10 heteroatoms. The SMILES string of the molecule is CCC(=O)O[PH](=O)OC(=O)CC.N.N.[KH].[KH]. The summed E-state index contributed by atoms with van der Waals surface area (Å²) in [5.74, 6) is -1.27. The molecule has 0 aromatic rings. The van der Waals surface area contributed by atoms with Crippen molar-refractivity contribution in [3.8, 4) is 0 Å². The fourth-order valence-electron chi connectivity index (χ4n) is 0.351. The van der Waals surface area contributed by atoms with Crippen LogP contribution in [-0.2, 0) is 23.2 Å². The molecular weight excluding hydrogens is 289 g/mol. The Morgan fingerprint density at radius 1 is 0.938 bits per heavy atom. The van der Waals surface area contributed by atoms with E-state index in [4.69, 9.17) is 0 Å². The van der Waals surface area contributed by atoms with Crippen LogP contribution in [-0.4, -0.2) is 115 Å². The van der Waals surface area contributed by atoms with Gasteiger partial charge in [0.15, 0.2) is 0 Å². The van der Waals surface area contributed by atoms with E-state index in [-0.39, 0.29) is 128 Å². The van der Waals surface area contributed by atoms with Crippen LogP contribution in [0, 0.1) is 0 Å². The van der Waals surface area contributed by atoms with E-state index in [2.05, 4.69) is 9.05 Å². The van der Waals surface area contributed by atoms with Gasteiger partial charge in [-0.1, -0.05) is 13.8 Å². The Hall–Kier alpha value is 2.36. The molecule has 0 rings (SSSR count). The van der Waals surface area contributed by atoms with Gasteiger partial charge in [0.2, 0.25) is 0 Å². The second kappa shape index (κ2) is 19.7. The van der Waals surface area contributed by atoms with Gasteiger partial charge in [-0.05, 0) is 0 Å². The number of carbonyl (C=O) groups excluding carboxylic acids is 2. The average molecular weight is 308 g/mol. The minimum atomic E-state index is -2.96. The molecule has 0 aromatic heterocycles. The van der Waals surface area contributed by atoms with Gasteiger partial charge in [0, 0.05) is 12.8 Å². The van der Waals surface area contributed by atoms with Crippen LogP contribution in [0.4, 0.5) is 0 Å². The van der Waals surface area contributed by atoms with Crippen molar-refractivity contribution in [2.45, 2.75) is 26.7 Å². The molecule has 0 amide bonds. The van der Waals surface area contributed by atoms with E-state index < -0.39 is 20.2 Å². The number of rotatable bonds is 4. The molecule has 0 aliphatic heterocycles. The zero-order valence-electron chi connectivity index (χ0n) is 8.37. The van der Waals surface area contributed by atoms with Crippen LogP contribution >= 0.6 is 8.25 Å². The topological polar surface area (TPSA) is 140 Å². The Morgan fingerprint density at radius 3 is 1.38 bits per heavy atom. The Labute approximate surface area is 181 Å². The van der Waals surface area contributed by atoms with Gasteiger partial charge in [-0.25, -0.2) is 4.57 Å². The Bertz CT molecular complexity index is 197. The number of hydrogen-bond acceptors (Lipinski definition) is 7. The monoisotopic (exact) mass is 308 g/mol. The van der Waals surface area contributed by atoms with Crippen LogP contribution in [0.2, 0.25) is 0 Å². The van der Waals surface area contributed by atoms with Crippen LogP contribution in [0.1, 0.15) is 26.7 Å². The molecule has 0 fully saturated rings. The first-order chi connectivity index (χ1) is 5.60. The molecule has 0 aromatic carbocycles. The van der Waals surface area contributed by atoms with Gasteiger partial charge in [0.1, 0.15) is 0 Å². The van der Waals surface area contributed by atoms with Crippen LogP contribution in [0.3, 0.4) is 0 Å². The first-order valence-corrected chi connectivity index (χ1v) is 4.77. The van der Waals surface area contributed by atoms with Gasteiger partial charge in [-0.2, -0.15) is 0 Å². The van der Waals surface area contributed by atoms with Crippen molar-refractivity contribution in [1.29, 1.82) is 0 Å². The van der Waals surface area contributed by atoms with Gasteiger partial charge in [0.05, 0.1) is 0 Å². The summed E-state index contributed by atoms with van der Waals surface area (Å²) in [6.07, 6.45) is 0.222. The molecule has 6 N–H and O–H groups in total. The molecule has 16 heavy (non-hydrogen) atoms. The second-order valence-electron chi connectivity index (χ2n) is 1.91. The molecular formula is C6H19K2N2O5P. The van der Waals surface area contributed by atoms with Crippen LogP contribution < -0.4 is 12.3 Å². The Morgan fingerprint density at radius 2 is 1.19 bits per heavy atom. The summed E-state index contributed by atoms with van der Waals surface area (Å²) in [6.45, 7) is 3.11. The van der Waals surface area contributed by atoms with Crippen LogP contribution in [0.25, 0.3) is 0 Å². The molecule has 0 saturated carbocycles. The van der Waals surface area contributed by atoms with E-state index in [1.807, 2.05) is 0 Å². The van der Waals surface area contributed by atoms with Crippen molar-refractivity contribution < 1.29 is 23.2 Å². The van der Waals surface area contributed by atoms with E-state index in [0.717, 1.165) is 0 Å². The summed E-state index contributed by atoms with van der Waals surface area (Å²) in [6, 6.07) is 0. The van der Waals surface area contributed by atoms with E-state index in [9.17, 15) is 14.2 Å². The van der Waals surface area contributed by atoms with Gasteiger partial charge >= 0.3 is 123 Å². The van der Waals surface area contributed by atoms with Gasteiger partial charge in [-0.3, -0.25) is 9.59 Å².